The van der Waals surface area contributed by atoms with Crippen molar-refractivity contribution < 1.29 is 9.59 Å². The Hall–Kier alpha value is -1.88. The van der Waals surface area contributed by atoms with Crippen molar-refractivity contribution in [2.24, 2.45) is 17.8 Å². The summed E-state index contributed by atoms with van der Waals surface area (Å²) in [5.41, 5.74) is 0.718. The number of nitrogens with one attached hydrogen (secondary N) is 1. The number of nitrogens with zero attached hydrogens (tertiary/aromatic N) is 2. The largest absolute Gasteiger partial charge is 0.342 e. The zero-order valence-corrected chi connectivity index (χ0v) is 15.4. The van der Waals surface area contributed by atoms with Gasteiger partial charge in [0, 0.05) is 31.7 Å². The molecule has 0 aliphatic carbocycles. The number of hydrogen-bond acceptors (Lipinski definition) is 3. The minimum absolute atomic E-state index is 0.0347. The minimum Gasteiger partial charge on any atom is -0.342 e. The number of amides is 2. The Morgan fingerprint density at radius 1 is 0.885 bits per heavy atom. The van der Waals surface area contributed by atoms with Crippen molar-refractivity contribution in [3.8, 4) is 0 Å². The fourth-order valence-electron chi connectivity index (χ4n) is 4.82. The van der Waals surface area contributed by atoms with E-state index in [9.17, 15) is 9.59 Å². The predicted molar refractivity (Wildman–Crippen MR) is 101 cm³/mol. The lowest BCUT2D eigenvalue weighted by Crippen LogP contribution is -2.47. The molecule has 0 spiro atoms. The van der Waals surface area contributed by atoms with Gasteiger partial charge in [0.05, 0.1) is 5.92 Å². The zero-order valence-electron chi connectivity index (χ0n) is 15.4. The first-order valence-electron chi connectivity index (χ1n) is 10.1. The van der Waals surface area contributed by atoms with E-state index in [1.165, 1.54) is 0 Å². The number of benzene rings is 1. The number of hydrogen-bond donors (Lipinski definition) is 1. The van der Waals surface area contributed by atoms with Crippen LogP contribution in [0.15, 0.2) is 30.3 Å². The zero-order chi connectivity index (χ0) is 17.9. The van der Waals surface area contributed by atoms with Crippen LogP contribution < -0.4 is 5.32 Å². The van der Waals surface area contributed by atoms with Crippen LogP contribution in [-0.4, -0.2) is 60.9 Å². The Labute approximate surface area is 155 Å². The lowest BCUT2D eigenvalue weighted by molar-refractivity contribution is -0.137. The molecule has 4 rings (SSSR count). The van der Waals surface area contributed by atoms with Crippen molar-refractivity contribution in [3.05, 3.63) is 35.9 Å². The van der Waals surface area contributed by atoms with Gasteiger partial charge in [0.1, 0.15) is 0 Å². The molecule has 0 bridgehead atoms. The van der Waals surface area contributed by atoms with Crippen LogP contribution in [0.4, 0.5) is 0 Å². The van der Waals surface area contributed by atoms with Gasteiger partial charge >= 0.3 is 0 Å². The molecule has 1 aromatic rings. The van der Waals surface area contributed by atoms with Crippen LogP contribution in [0.25, 0.3) is 0 Å². The average molecular weight is 355 g/mol. The molecule has 0 aromatic heterocycles. The van der Waals surface area contributed by atoms with Crippen LogP contribution in [-0.2, 0) is 4.79 Å². The lowest BCUT2D eigenvalue weighted by atomic mass is 9.92. The summed E-state index contributed by atoms with van der Waals surface area (Å²) >= 11 is 0. The predicted octanol–water partition coefficient (Wildman–Crippen LogP) is 2.00. The van der Waals surface area contributed by atoms with Crippen molar-refractivity contribution in [1.29, 1.82) is 0 Å². The number of carbonyl (C=O) groups excluding carboxylic acids is 2. The third-order valence-electron chi connectivity index (χ3n) is 6.41. The molecule has 26 heavy (non-hydrogen) atoms. The van der Waals surface area contributed by atoms with Crippen LogP contribution in [0, 0.1) is 17.8 Å². The molecule has 5 nitrogen and oxygen atoms in total. The Morgan fingerprint density at radius 2 is 1.58 bits per heavy atom. The molecule has 3 aliphatic rings. The van der Waals surface area contributed by atoms with Crippen molar-refractivity contribution in [1.82, 2.24) is 15.1 Å². The molecule has 3 aliphatic heterocycles. The van der Waals surface area contributed by atoms with E-state index in [0.29, 0.717) is 6.54 Å². The first-order chi connectivity index (χ1) is 12.7. The summed E-state index contributed by atoms with van der Waals surface area (Å²) in [4.78, 5) is 29.8. The van der Waals surface area contributed by atoms with Gasteiger partial charge in [-0.1, -0.05) is 18.2 Å². The van der Waals surface area contributed by atoms with Crippen LogP contribution in [0.3, 0.4) is 0 Å². The molecule has 1 N–H and O–H groups in total. The molecular formula is C21H29N3O2. The molecule has 0 radical (unpaired) electrons. The summed E-state index contributed by atoms with van der Waals surface area (Å²) in [6, 6.07) is 9.42. The first-order valence-corrected chi connectivity index (χ1v) is 10.1. The summed E-state index contributed by atoms with van der Waals surface area (Å²) in [5.74, 6) is 1.75. The van der Waals surface area contributed by atoms with Crippen molar-refractivity contribution in [2.45, 2.75) is 25.7 Å². The molecule has 3 atom stereocenters. The summed E-state index contributed by atoms with van der Waals surface area (Å²) in [7, 11) is 0. The standard InChI is InChI=1S/C21H29N3O2/c25-20(16-5-2-1-3-6-16)24-10-4-7-19(15-24)21(26)23-11-8-17-13-22-14-18(17)9-12-23/h1-3,5-6,17-19,22H,4,7-15H2/t17-,18+,19?. The second kappa shape index (κ2) is 7.78. The highest BCUT2D eigenvalue weighted by Gasteiger charge is 2.35. The highest BCUT2D eigenvalue weighted by molar-refractivity contribution is 5.94. The highest BCUT2D eigenvalue weighted by atomic mass is 16.2. The van der Waals surface area contributed by atoms with Crippen LogP contribution in [0.5, 0.6) is 0 Å². The Kier molecular flexibility index (Phi) is 5.25. The SMILES string of the molecule is O=C(c1ccccc1)N1CCCC(C(=O)N2CC[C@@H]3CNC[C@@H]3CC2)C1. The number of piperidine rings is 1. The van der Waals surface area contributed by atoms with E-state index in [2.05, 4.69) is 10.2 Å². The van der Waals surface area contributed by atoms with E-state index < -0.39 is 0 Å². The molecule has 3 heterocycles. The summed E-state index contributed by atoms with van der Waals surface area (Å²) < 4.78 is 0. The van der Waals surface area contributed by atoms with Crippen molar-refractivity contribution in [3.63, 3.8) is 0 Å². The van der Waals surface area contributed by atoms with E-state index in [-0.39, 0.29) is 17.7 Å². The maximum Gasteiger partial charge on any atom is 0.253 e. The van der Waals surface area contributed by atoms with E-state index in [4.69, 9.17) is 0 Å². The fourth-order valence-corrected chi connectivity index (χ4v) is 4.82. The second-order valence-electron chi connectivity index (χ2n) is 8.04. The van der Waals surface area contributed by atoms with Gasteiger partial charge in [-0.05, 0) is 62.7 Å². The van der Waals surface area contributed by atoms with Crippen molar-refractivity contribution in [2.75, 3.05) is 39.3 Å². The Morgan fingerprint density at radius 3 is 2.27 bits per heavy atom. The van der Waals surface area contributed by atoms with Crippen molar-refractivity contribution >= 4 is 11.8 Å². The van der Waals surface area contributed by atoms with E-state index in [1.54, 1.807) is 0 Å². The van der Waals surface area contributed by atoms with E-state index in [1.807, 2.05) is 35.2 Å². The minimum atomic E-state index is -0.0347. The Bertz CT molecular complexity index is 634. The van der Waals surface area contributed by atoms with Gasteiger partial charge in [-0.25, -0.2) is 0 Å². The summed E-state index contributed by atoms with van der Waals surface area (Å²) in [6.45, 7) is 5.30. The van der Waals surface area contributed by atoms with E-state index >= 15 is 0 Å². The smallest absolute Gasteiger partial charge is 0.253 e. The van der Waals surface area contributed by atoms with Crippen LogP contribution in [0.2, 0.25) is 0 Å². The quantitative estimate of drug-likeness (QED) is 0.883. The van der Waals surface area contributed by atoms with Gasteiger partial charge in [0.25, 0.3) is 5.91 Å². The fraction of sp³-hybridized carbons (Fsp3) is 0.619. The second-order valence-corrected chi connectivity index (χ2v) is 8.04. The third kappa shape index (κ3) is 3.63. The average Bonchev–Trinajstić information content (AvgIpc) is 3.06. The van der Waals surface area contributed by atoms with Gasteiger partial charge in [0.15, 0.2) is 0 Å². The Balaban J connectivity index is 1.38. The first kappa shape index (κ1) is 17.5. The normalized spacial score (nSPS) is 29.2. The summed E-state index contributed by atoms with van der Waals surface area (Å²) in [5, 5.41) is 3.49. The maximum atomic E-state index is 13.1. The molecular weight excluding hydrogens is 326 g/mol. The topological polar surface area (TPSA) is 52.7 Å². The molecule has 0 saturated carbocycles. The van der Waals surface area contributed by atoms with E-state index in [0.717, 1.165) is 75.8 Å². The molecule has 3 saturated heterocycles. The molecule has 1 aromatic carbocycles. The van der Waals surface area contributed by atoms with Gasteiger partial charge < -0.3 is 15.1 Å². The summed E-state index contributed by atoms with van der Waals surface area (Å²) in [6.07, 6.45) is 4.05. The molecule has 2 amide bonds. The number of likely N-dealkylation sites (tertiary alicyclic amines) is 2. The molecule has 5 heteroatoms. The number of fused-ring (bicyclic) bond motifs is 1. The van der Waals surface area contributed by atoms with Gasteiger partial charge in [-0.3, -0.25) is 9.59 Å². The molecule has 3 fully saturated rings. The maximum absolute atomic E-state index is 13.1. The highest BCUT2D eigenvalue weighted by Crippen LogP contribution is 2.29. The third-order valence-corrected chi connectivity index (χ3v) is 6.41. The number of carbonyl (C=O) groups is 2. The van der Waals surface area contributed by atoms with Gasteiger partial charge in [-0.15, -0.1) is 0 Å². The van der Waals surface area contributed by atoms with Crippen LogP contribution >= 0.6 is 0 Å². The molecule has 140 valence electrons. The van der Waals surface area contributed by atoms with Gasteiger partial charge in [0.2, 0.25) is 5.91 Å². The number of rotatable bonds is 2. The lowest BCUT2D eigenvalue weighted by Gasteiger charge is -2.35. The monoisotopic (exact) mass is 355 g/mol. The molecule has 1 unspecified atom stereocenters. The van der Waals surface area contributed by atoms with Gasteiger partial charge in [-0.2, -0.15) is 0 Å². The van der Waals surface area contributed by atoms with Crippen LogP contribution in [0.1, 0.15) is 36.0 Å².